The number of aryl methyl sites for hydroxylation is 1. The Hall–Kier alpha value is -1.35. The summed E-state index contributed by atoms with van der Waals surface area (Å²) < 4.78 is 1.64. The molecule has 0 aliphatic rings. The van der Waals surface area contributed by atoms with Crippen LogP contribution in [0.3, 0.4) is 0 Å². The zero-order chi connectivity index (χ0) is 15.0. The zero-order valence-electron chi connectivity index (χ0n) is 12.6. The summed E-state index contributed by atoms with van der Waals surface area (Å²) in [4.78, 5) is 16.3. The fourth-order valence-corrected chi connectivity index (χ4v) is 1.85. The van der Waals surface area contributed by atoms with Gasteiger partial charge in [-0.05, 0) is 32.0 Å². The molecule has 0 saturated heterocycles. The molecular weight excluding hydrogens is 260 g/mol. The van der Waals surface area contributed by atoms with Crippen molar-refractivity contribution in [1.29, 1.82) is 0 Å². The van der Waals surface area contributed by atoms with E-state index in [4.69, 9.17) is 11.6 Å². The van der Waals surface area contributed by atoms with E-state index in [1.54, 1.807) is 22.8 Å². The lowest BCUT2D eigenvalue weighted by molar-refractivity contribution is 0.685. The summed E-state index contributed by atoms with van der Waals surface area (Å²) in [5.74, 6) is 0.734. The van der Waals surface area contributed by atoms with Crippen molar-refractivity contribution in [2.75, 3.05) is 0 Å². The predicted octanol–water partition coefficient (Wildman–Crippen LogP) is 4.43. The molecule has 19 heavy (non-hydrogen) atoms. The Morgan fingerprint density at radius 2 is 1.79 bits per heavy atom. The van der Waals surface area contributed by atoms with Crippen LogP contribution in [0.25, 0.3) is 10.9 Å². The topological polar surface area (TPSA) is 34.9 Å². The number of nitrogens with zero attached hydrogens (tertiary/aromatic N) is 2. The molecular formula is C15H23ClN2O. The number of aromatic nitrogens is 2. The number of fused-ring (bicyclic) bond motifs is 1. The van der Waals surface area contributed by atoms with Crippen LogP contribution in [0.2, 0.25) is 5.02 Å². The number of halogens is 1. The van der Waals surface area contributed by atoms with Crippen LogP contribution in [0.4, 0.5) is 0 Å². The Morgan fingerprint density at radius 1 is 1.21 bits per heavy atom. The standard InChI is InChI=1S/C11H11ClN2O.2C2H6/c1-3-14-7(2)13-10-5-4-8(12)6-9(10)11(14)15;2*1-2/h4-6H,3H2,1-2H3;2*1-2H3. The SMILES string of the molecule is CC.CC.CCn1c(C)nc2ccc(Cl)cc2c1=O. The summed E-state index contributed by atoms with van der Waals surface area (Å²) in [5, 5.41) is 1.14. The maximum Gasteiger partial charge on any atom is 0.261 e. The average Bonchev–Trinajstić information content (AvgIpc) is 2.45. The largest absolute Gasteiger partial charge is 0.297 e. The molecule has 3 nitrogen and oxygen atoms in total. The minimum Gasteiger partial charge on any atom is -0.297 e. The van der Waals surface area contributed by atoms with Crippen LogP contribution in [0.15, 0.2) is 23.0 Å². The summed E-state index contributed by atoms with van der Waals surface area (Å²) >= 11 is 5.85. The van der Waals surface area contributed by atoms with Crippen molar-refractivity contribution in [2.24, 2.45) is 0 Å². The molecule has 0 spiro atoms. The van der Waals surface area contributed by atoms with E-state index in [9.17, 15) is 4.79 Å². The van der Waals surface area contributed by atoms with Crippen LogP contribution in [0.1, 0.15) is 40.4 Å². The third-order valence-electron chi connectivity index (χ3n) is 2.42. The number of benzene rings is 1. The number of rotatable bonds is 1. The Balaban J connectivity index is 0.000000741. The van der Waals surface area contributed by atoms with Crippen LogP contribution >= 0.6 is 11.6 Å². The average molecular weight is 283 g/mol. The monoisotopic (exact) mass is 282 g/mol. The first-order valence-electron chi connectivity index (χ1n) is 6.80. The number of hydrogen-bond acceptors (Lipinski definition) is 2. The van der Waals surface area contributed by atoms with Crippen molar-refractivity contribution in [3.63, 3.8) is 0 Å². The molecule has 2 aromatic rings. The minimum absolute atomic E-state index is 0.0255. The van der Waals surface area contributed by atoms with E-state index < -0.39 is 0 Å². The third kappa shape index (κ3) is 4.06. The van der Waals surface area contributed by atoms with Gasteiger partial charge in [0.25, 0.3) is 5.56 Å². The van der Waals surface area contributed by atoms with Gasteiger partial charge in [0.2, 0.25) is 0 Å². The van der Waals surface area contributed by atoms with Gasteiger partial charge in [0.05, 0.1) is 10.9 Å². The minimum atomic E-state index is -0.0255. The van der Waals surface area contributed by atoms with Crippen LogP contribution in [-0.4, -0.2) is 9.55 Å². The molecule has 1 aromatic heterocycles. The fourth-order valence-electron chi connectivity index (χ4n) is 1.68. The molecule has 0 radical (unpaired) electrons. The summed E-state index contributed by atoms with van der Waals surface area (Å²) in [6.45, 7) is 12.4. The second kappa shape index (κ2) is 8.70. The fraction of sp³-hybridized carbons (Fsp3) is 0.467. The molecule has 1 aromatic carbocycles. The van der Waals surface area contributed by atoms with Gasteiger partial charge in [-0.1, -0.05) is 39.3 Å². The van der Waals surface area contributed by atoms with Crippen molar-refractivity contribution >= 4 is 22.5 Å². The second-order valence-corrected chi connectivity index (χ2v) is 3.81. The van der Waals surface area contributed by atoms with E-state index in [2.05, 4.69) is 4.98 Å². The van der Waals surface area contributed by atoms with E-state index >= 15 is 0 Å². The molecule has 0 atom stereocenters. The molecule has 0 unspecified atom stereocenters. The highest BCUT2D eigenvalue weighted by molar-refractivity contribution is 6.31. The Labute approximate surface area is 120 Å². The van der Waals surface area contributed by atoms with Crippen molar-refractivity contribution < 1.29 is 0 Å². The van der Waals surface area contributed by atoms with Gasteiger partial charge < -0.3 is 0 Å². The van der Waals surface area contributed by atoms with Gasteiger partial charge in [-0.2, -0.15) is 0 Å². The van der Waals surface area contributed by atoms with Gasteiger partial charge >= 0.3 is 0 Å². The molecule has 2 rings (SSSR count). The zero-order valence-corrected chi connectivity index (χ0v) is 13.4. The van der Waals surface area contributed by atoms with Crippen LogP contribution < -0.4 is 5.56 Å². The van der Waals surface area contributed by atoms with Crippen molar-refractivity contribution in [1.82, 2.24) is 9.55 Å². The highest BCUT2D eigenvalue weighted by Gasteiger charge is 2.06. The Bertz CT molecular complexity index is 576. The molecule has 0 amide bonds. The number of hydrogen-bond donors (Lipinski definition) is 0. The molecule has 4 heteroatoms. The van der Waals surface area contributed by atoms with Gasteiger partial charge in [-0.15, -0.1) is 0 Å². The normalized spacial score (nSPS) is 9.21. The van der Waals surface area contributed by atoms with Crippen molar-refractivity contribution in [3.8, 4) is 0 Å². The smallest absolute Gasteiger partial charge is 0.261 e. The van der Waals surface area contributed by atoms with E-state index in [-0.39, 0.29) is 5.56 Å². The maximum absolute atomic E-state index is 12.0. The van der Waals surface area contributed by atoms with Gasteiger partial charge in [-0.25, -0.2) is 4.98 Å². The molecule has 106 valence electrons. The van der Waals surface area contributed by atoms with E-state index in [0.717, 1.165) is 5.82 Å². The maximum atomic E-state index is 12.0. The molecule has 0 aliphatic heterocycles. The Kier molecular flexibility index (Phi) is 8.08. The highest BCUT2D eigenvalue weighted by atomic mass is 35.5. The summed E-state index contributed by atoms with van der Waals surface area (Å²) in [6.07, 6.45) is 0. The lowest BCUT2D eigenvalue weighted by Gasteiger charge is -2.07. The van der Waals surface area contributed by atoms with Gasteiger partial charge in [-0.3, -0.25) is 9.36 Å². The second-order valence-electron chi connectivity index (χ2n) is 3.37. The van der Waals surface area contributed by atoms with E-state index in [1.165, 1.54) is 0 Å². The molecule has 0 aliphatic carbocycles. The van der Waals surface area contributed by atoms with Crippen LogP contribution in [0.5, 0.6) is 0 Å². The predicted molar refractivity (Wildman–Crippen MR) is 84.1 cm³/mol. The van der Waals surface area contributed by atoms with Crippen LogP contribution in [0, 0.1) is 6.92 Å². The Morgan fingerprint density at radius 3 is 2.32 bits per heavy atom. The van der Waals surface area contributed by atoms with Gasteiger partial charge in [0.1, 0.15) is 5.82 Å². The summed E-state index contributed by atoms with van der Waals surface area (Å²) in [5.41, 5.74) is 0.675. The quantitative estimate of drug-likeness (QED) is 0.775. The van der Waals surface area contributed by atoms with E-state index in [0.29, 0.717) is 22.5 Å². The lowest BCUT2D eigenvalue weighted by Crippen LogP contribution is -2.22. The van der Waals surface area contributed by atoms with E-state index in [1.807, 2.05) is 41.5 Å². The van der Waals surface area contributed by atoms with Crippen LogP contribution in [-0.2, 0) is 6.54 Å². The molecule has 1 heterocycles. The first-order chi connectivity index (χ1) is 9.13. The van der Waals surface area contributed by atoms with Crippen molar-refractivity contribution in [2.45, 2.75) is 48.1 Å². The summed E-state index contributed by atoms with van der Waals surface area (Å²) in [6, 6.07) is 5.18. The molecule has 0 fully saturated rings. The molecule has 0 bridgehead atoms. The lowest BCUT2D eigenvalue weighted by atomic mass is 10.2. The molecule has 0 N–H and O–H groups in total. The van der Waals surface area contributed by atoms with Gasteiger partial charge in [0.15, 0.2) is 0 Å². The first kappa shape index (κ1) is 17.6. The van der Waals surface area contributed by atoms with Gasteiger partial charge in [0, 0.05) is 11.6 Å². The summed E-state index contributed by atoms with van der Waals surface area (Å²) in [7, 11) is 0. The first-order valence-corrected chi connectivity index (χ1v) is 7.18. The van der Waals surface area contributed by atoms with Crippen molar-refractivity contribution in [3.05, 3.63) is 39.4 Å². The highest BCUT2D eigenvalue weighted by Crippen LogP contribution is 2.14. The third-order valence-corrected chi connectivity index (χ3v) is 2.66. The molecule has 0 saturated carbocycles.